The lowest BCUT2D eigenvalue weighted by molar-refractivity contribution is -0.125. The molecule has 2 atom stereocenters. The molecule has 0 unspecified atom stereocenters. The fraction of sp³-hybridized carbons (Fsp3) is 0.364. The number of hydrogen-bond acceptors (Lipinski definition) is 2. The standard InChI is InChI=1S/C22H23BrO2/c1-15-6-8-16(9-7-15)20(19-4-2-3-5-21(19)24)14-22(25)17-10-12-18(23)13-11-17/h6-13,19-20H,2-5,14H2,1H3/t19-,20-/m1/s1. The molecule has 0 bridgehead atoms. The predicted molar refractivity (Wildman–Crippen MR) is 104 cm³/mol. The lowest BCUT2D eigenvalue weighted by Gasteiger charge is -2.29. The highest BCUT2D eigenvalue weighted by Crippen LogP contribution is 2.37. The molecule has 1 aliphatic carbocycles. The van der Waals surface area contributed by atoms with Crippen molar-refractivity contribution in [3.8, 4) is 0 Å². The largest absolute Gasteiger partial charge is 0.299 e. The van der Waals surface area contributed by atoms with Crippen molar-refractivity contribution in [2.24, 2.45) is 5.92 Å². The van der Waals surface area contributed by atoms with Crippen molar-refractivity contribution in [2.75, 3.05) is 0 Å². The lowest BCUT2D eigenvalue weighted by Crippen LogP contribution is -2.27. The Kier molecular flexibility index (Phi) is 5.85. The number of carbonyl (C=O) groups is 2. The van der Waals surface area contributed by atoms with Crippen molar-refractivity contribution >= 4 is 27.5 Å². The van der Waals surface area contributed by atoms with Gasteiger partial charge in [-0.15, -0.1) is 0 Å². The van der Waals surface area contributed by atoms with E-state index in [0.717, 1.165) is 29.3 Å². The van der Waals surface area contributed by atoms with Gasteiger partial charge in [0.15, 0.2) is 5.78 Å². The van der Waals surface area contributed by atoms with Gasteiger partial charge in [-0.2, -0.15) is 0 Å². The van der Waals surface area contributed by atoms with Crippen LogP contribution < -0.4 is 0 Å². The molecule has 3 heteroatoms. The maximum absolute atomic E-state index is 12.8. The van der Waals surface area contributed by atoms with E-state index in [-0.39, 0.29) is 17.6 Å². The second kappa shape index (κ2) is 8.09. The molecule has 2 nitrogen and oxygen atoms in total. The first-order valence-electron chi connectivity index (χ1n) is 8.92. The van der Waals surface area contributed by atoms with Gasteiger partial charge in [-0.3, -0.25) is 9.59 Å². The van der Waals surface area contributed by atoms with E-state index >= 15 is 0 Å². The van der Waals surface area contributed by atoms with E-state index in [9.17, 15) is 9.59 Å². The molecule has 0 aliphatic heterocycles. The first-order chi connectivity index (χ1) is 12.0. The van der Waals surface area contributed by atoms with Gasteiger partial charge in [-0.25, -0.2) is 0 Å². The van der Waals surface area contributed by atoms with Crippen molar-refractivity contribution in [1.29, 1.82) is 0 Å². The molecule has 1 saturated carbocycles. The smallest absolute Gasteiger partial charge is 0.163 e. The molecule has 0 amide bonds. The lowest BCUT2D eigenvalue weighted by atomic mass is 9.73. The average molecular weight is 399 g/mol. The SMILES string of the molecule is Cc1ccc([C@@H](CC(=O)c2ccc(Br)cc2)[C@H]2CCCCC2=O)cc1. The van der Waals surface area contributed by atoms with E-state index in [1.54, 1.807) is 0 Å². The van der Waals surface area contributed by atoms with Gasteiger partial charge in [0, 0.05) is 34.7 Å². The van der Waals surface area contributed by atoms with Gasteiger partial charge >= 0.3 is 0 Å². The number of ketones is 2. The Morgan fingerprint density at radius 2 is 1.76 bits per heavy atom. The predicted octanol–water partition coefficient (Wildman–Crippen LogP) is 5.87. The van der Waals surface area contributed by atoms with Crippen molar-refractivity contribution in [3.63, 3.8) is 0 Å². The summed E-state index contributed by atoms with van der Waals surface area (Å²) in [6, 6.07) is 15.8. The van der Waals surface area contributed by atoms with Crippen LogP contribution in [0.15, 0.2) is 53.0 Å². The molecule has 0 spiro atoms. The summed E-state index contributed by atoms with van der Waals surface area (Å²) >= 11 is 3.40. The molecule has 1 fully saturated rings. The van der Waals surface area contributed by atoms with E-state index in [1.165, 1.54) is 5.56 Å². The third-order valence-electron chi connectivity index (χ3n) is 5.16. The summed E-state index contributed by atoms with van der Waals surface area (Å²) in [7, 11) is 0. The van der Waals surface area contributed by atoms with Crippen LogP contribution >= 0.6 is 15.9 Å². The normalized spacial score (nSPS) is 18.8. The van der Waals surface area contributed by atoms with Crippen molar-refractivity contribution in [3.05, 3.63) is 69.7 Å². The molecule has 0 heterocycles. The van der Waals surface area contributed by atoms with E-state index in [1.807, 2.05) is 24.3 Å². The molecule has 1 aliphatic rings. The molecule has 130 valence electrons. The number of rotatable bonds is 5. The number of hydrogen-bond donors (Lipinski definition) is 0. The summed E-state index contributed by atoms with van der Waals surface area (Å²) in [6.45, 7) is 2.05. The third-order valence-corrected chi connectivity index (χ3v) is 5.69. The number of benzene rings is 2. The molecule has 2 aromatic rings. The fourth-order valence-electron chi connectivity index (χ4n) is 3.69. The minimum atomic E-state index is -0.0316. The zero-order valence-electron chi connectivity index (χ0n) is 14.5. The third kappa shape index (κ3) is 4.46. The Bertz CT molecular complexity index is 747. The Labute approximate surface area is 157 Å². The summed E-state index contributed by atoms with van der Waals surface area (Å²) < 4.78 is 0.960. The first-order valence-corrected chi connectivity index (χ1v) is 9.72. The minimum Gasteiger partial charge on any atom is -0.299 e. The van der Waals surface area contributed by atoms with Crippen molar-refractivity contribution < 1.29 is 9.59 Å². The maximum atomic E-state index is 12.8. The molecule has 25 heavy (non-hydrogen) atoms. The van der Waals surface area contributed by atoms with E-state index in [0.29, 0.717) is 24.2 Å². The number of aryl methyl sites for hydroxylation is 1. The Morgan fingerprint density at radius 1 is 1.08 bits per heavy atom. The molecule has 2 aromatic carbocycles. The zero-order chi connectivity index (χ0) is 17.8. The Hall–Kier alpha value is -1.74. The van der Waals surface area contributed by atoms with Gasteiger partial charge in [0.2, 0.25) is 0 Å². The summed E-state index contributed by atoms with van der Waals surface area (Å²) in [5.74, 6) is 0.372. The fourth-order valence-corrected chi connectivity index (χ4v) is 3.96. The van der Waals surface area contributed by atoms with Crippen molar-refractivity contribution in [2.45, 2.75) is 44.9 Å². The molecule has 3 rings (SSSR count). The van der Waals surface area contributed by atoms with Crippen LogP contribution in [0.4, 0.5) is 0 Å². The summed E-state index contributed by atoms with van der Waals surface area (Å²) in [5, 5.41) is 0. The summed E-state index contributed by atoms with van der Waals surface area (Å²) in [4.78, 5) is 25.4. The highest BCUT2D eigenvalue weighted by atomic mass is 79.9. The quantitative estimate of drug-likeness (QED) is 0.589. The number of halogens is 1. The van der Waals surface area contributed by atoms with Crippen LogP contribution in [0.3, 0.4) is 0 Å². The van der Waals surface area contributed by atoms with Gasteiger partial charge < -0.3 is 0 Å². The van der Waals surface area contributed by atoms with Crippen LogP contribution in [0.1, 0.15) is 59.5 Å². The monoisotopic (exact) mass is 398 g/mol. The van der Waals surface area contributed by atoms with Gasteiger partial charge in [-0.05, 0) is 37.5 Å². The van der Waals surface area contributed by atoms with Gasteiger partial charge in [-0.1, -0.05) is 64.3 Å². The van der Waals surface area contributed by atoms with Crippen LogP contribution in [-0.2, 0) is 4.79 Å². The molecule has 0 saturated heterocycles. The first kappa shape index (κ1) is 18.1. The van der Waals surface area contributed by atoms with Gasteiger partial charge in [0.25, 0.3) is 0 Å². The number of Topliss-reactive ketones (excluding diaryl/α,β-unsaturated/α-hetero) is 2. The maximum Gasteiger partial charge on any atom is 0.163 e. The second-order valence-electron chi connectivity index (χ2n) is 6.97. The molecule has 0 N–H and O–H groups in total. The van der Waals surface area contributed by atoms with Crippen LogP contribution in [0.2, 0.25) is 0 Å². The zero-order valence-corrected chi connectivity index (χ0v) is 16.1. The number of carbonyl (C=O) groups excluding carboxylic acids is 2. The molecule has 0 radical (unpaired) electrons. The molecule has 0 aromatic heterocycles. The summed E-state index contributed by atoms with van der Waals surface area (Å²) in [6.07, 6.45) is 3.99. The highest BCUT2D eigenvalue weighted by Gasteiger charge is 2.32. The van der Waals surface area contributed by atoms with Crippen LogP contribution in [-0.4, -0.2) is 11.6 Å². The Morgan fingerprint density at radius 3 is 2.40 bits per heavy atom. The molecular weight excluding hydrogens is 376 g/mol. The topological polar surface area (TPSA) is 34.1 Å². The minimum absolute atomic E-state index is 0.0236. The Balaban J connectivity index is 1.87. The van der Waals surface area contributed by atoms with Crippen LogP contribution in [0, 0.1) is 12.8 Å². The van der Waals surface area contributed by atoms with Gasteiger partial charge in [0.05, 0.1) is 0 Å². The van der Waals surface area contributed by atoms with E-state index in [2.05, 4.69) is 47.1 Å². The van der Waals surface area contributed by atoms with E-state index < -0.39 is 0 Å². The van der Waals surface area contributed by atoms with Crippen molar-refractivity contribution in [1.82, 2.24) is 0 Å². The second-order valence-corrected chi connectivity index (χ2v) is 7.89. The highest BCUT2D eigenvalue weighted by molar-refractivity contribution is 9.10. The van der Waals surface area contributed by atoms with Crippen LogP contribution in [0.25, 0.3) is 0 Å². The summed E-state index contributed by atoms with van der Waals surface area (Å²) in [5.41, 5.74) is 3.01. The van der Waals surface area contributed by atoms with Crippen LogP contribution in [0.5, 0.6) is 0 Å². The molecular formula is C22H23BrO2. The van der Waals surface area contributed by atoms with Gasteiger partial charge in [0.1, 0.15) is 5.78 Å². The average Bonchev–Trinajstić information content (AvgIpc) is 2.62. The van der Waals surface area contributed by atoms with E-state index in [4.69, 9.17) is 0 Å².